The Hall–Kier alpha value is -2.69. The molecule has 3 aromatic heterocycles. The number of pyridine rings is 1. The Labute approximate surface area is 157 Å². The quantitative estimate of drug-likeness (QED) is 0.522. The molecule has 3 aromatic rings. The molecule has 0 aromatic carbocycles. The van der Waals surface area contributed by atoms with Gasteiger partial charge in [0.15, 0.2) is 5.69 Å². The summed E-state index contributed by atoms with van der Waals surface area (Å²) in [6, 6.07) is 4.85. The van der Waals surface area contributed by atoms with Gasteiger partial charge in [-0.1, -0.05) is 30.2 Å². The van der Waals surface area contributed by atoms with Crippen molar-refractivity contribution in [1.29, 1.82) is 0 Å². The van der Waals surface area contributed by atoms with Gasteiger partial charge in [0, 0.05) is 16.6 Å². The molecule has 0 bridgehead atoms. The Morgan fingerprint density at radius 2 is 2.35 bits per heavy atom. The van der Waals surface area contributed by atoms with Gasteiger partial charge < -0.3 is 5.32 Å². The van der Waals surface area contributed by atoms with Gasteiger partial charge in [-0.3, -0.25) is 9.20 Å². The fourth-order valence-corrected chi connectivity index (χ4v) is 3.26. The number of halogens is 3. The number of allylic oxidation sites excluding steroid dienone is 1. The zero-order valence-corrected chi connectivity index (χ0v) is 14.9. The van der Waals surface area contributed by atoms with E-state index in [-0.39, 0.29) is 28.6 Å². The van der Waals surface area contributed by atoms with Crippen LogP contribution in [-0.2, 0) is 12.5 Å². The summed E-state index contributed by atoms with van der Waals surface area (Å²) in [5, 5.41) is 4.45. The molecule has 0 unspecified atom stereocenters. The molecular weight excluding hydrogens is 380 g/mol. The van der Waals surface area contributed by atoms with Crippen LogP contribution in [0.25, 0.3) is 5.65 Å². The third kappa shape index (κ3) is 3.21. The molecule has 132 valence electrons. The average Bonchev–Trinajstić information content (AvgIpc) is 3.27. The number of aromatic nitrogens is 2. The molecule has 0 aliphatic carbocycles. The monoisotopic (exact) mass is 391 g/mol. The fourth-order valence-electron chi connectivity index (χ4n) is 2.36. The first-order valence-corrected chi connectivity index (χ1v) is 8.64. The van der Waals surface area contributed by atoms with Gasteiger partial charge in [0.1, 0.15) is 10.8 Å². The minimum Gasteiger partial charge on any atom is -0.346 e. The van der Waals surface area contributed by atoms with E-state index in [4.69, 9.17) is 18.0 Å². The molecule has 0 radical (unpaired) electrons. The molecule has 0 saturated heterocycles. The zero-order chi connectivity index (χ0) is 18.9. The normalized spacial score (nSPS) is 11.3. The minimum atomic E-state index is -3.38. The van der Waals surface area contributed by atoms with Crippen molar-refractivity contribution in [3.63, 3.8) is 0 Å². The number of amides is 1. The van der Waals surface area contributed by atoms with Crippen LogP contribution in [0.1, 0.15) is 26.5 Å². The number of imidazole rings is 1. The summed E-state index contributed by atoms with van der Waals surface area (Å²) in [6.45, 7) is 3.43. The van der Waals surface area contributed by atoms with Gasteiger partial charge in [-0.2, -0.15) is 8.78 Å². The lowest BCUT2D eigenvalue weighted by molar-refractivity contribution is 0.0536. The molecule has 26 heavy (non-hydrogen) atoms. The number of hydrogen-bond donors (Lipinski definition) is 1. The summed E-state index contributed by atoms with van der Waals surface area (Å²) in [7, 11) is 0. The van der Waals surface area contributed by atoms with Crippen LogP contribution < -0.4 is 5.32 Å². The van der Waals surface area contributed by atoms with Crippen LogP contribution in [0.4, 0.5) is 8.78 Å². The van der Waals surface area contributed by atoms with E-state index < -0.39 is 17.4 Å². The van der Waals surface area contributed by atoms with E-state index in [1.165, 1.54) is 21.9 Å². The SMILES string of the molecule is C#Cc1cc(C(F)(F)C=C)c2nc(C(=O)NCc3cccs3)c(Cl)n2c1. The molecule has 3 rings (SSSR count). The molecule has 0 aliphatic rings. The van der Waals surface area contributed by atoms with Crippen LogP contribution in [0.15, 0.2) is 42.4 Å². The van der Waals surface area contributed by atoms with E-state index in [0.717, 1.165) is 10.9 Å². The highest BCUT2D eigenvalue weighted by Gasteiger charge is 2.33. The molecule has 4 nitrogen and oxygen atoms in total. The maximum atomic E-state index is 14.2. The van der Waals surface area contributed by atoms with Gasteiger partial charge in [0.25, 0.3) is 11.8 Å². The van der Waals surface area contributed by atoms with E-state index in [9.17, 15) is 13.6 Å². The van der Waals surface area contributed by atoms with Gasteiger partial charge in [-0.05, 0) is 23.6 Å². The number of alkyl halides is 2. The summed E-state index contributed by atoms with van der Waals surface area (Å²) < 4.78 is 29.6. The summed E-state index contributed by atoms with van der Waals surface area (Å²) in [5.74, 6) is -1.66. The molecule has 0 aliphatic heterocycles. The fraction of sp³-hybridized carbons (Fsp3) is 0.111. The van der Waals surface area contributed by atoms with Gasteiger partial charge in [0.2, 0.25) is 0 Å². The lowest BCUT2D eigenvalue weighted by Crippen LogP contribution is -2.23. The van der Waals surface area contributed by atoms with E-state index in [2.05, 4.69) is 22.8 Å². The molecule has 3 heterocycles. The molecule has 0 fully saturated rings. The lowest BCUT2D eigenvalue weighted by atomic mass is 10.1. The van der Waals surface area contributed by atoms with Crippen LogP contribution in [0.5, 0.6) is 0 Å². The highest BCUT2D eigenvalue weighted by atomic mass is 35.5. The second kappa shape index (κ2) is 6.90. The lowest BCUT2D eigenvalue weighted by Gasteiger charge is -2.13. The van der Waals surface area contributed by atoms with Crippen LogP contribution in [0, 0.1) is 12.3 Å². The third-order valence-electron chi connectivity index (χ3n) is 3.66. The van der Waals surface area contributed by atoms with Crippen molar-refractivity contribution in [2.75, 3.05) is 0 Å². The van der Waals surface area contributed by atoms with Crippen molar-refractivity contribution in [3.05, 3.63) is 69.3 Å². The number of hydrogen-bond acceptors (Lipinski definition) is 3. The standard InChI is InChI=1S/C18H12ClF2N3OS/c1-3-11-8-13(18(20,21)4-2)16-23-14(15(19)24(16)10-11)17(25)22-9-12-6-5-7-26-12/h1,4-8,10H,2,9H2,(H,22,25). The zero-order valence-electron chi connectivity index (χ0n) is 13.3. The first kappa shape index (κ1) is 18.1. The van der Waals surface area contributed by atoms with E-state index in [1.807, 2.05) is 17.5 Å². The number of nitrogens with one attached hydrogen (secondary N) is 1. The Morgan fingerprint density at radius 1 is 1.58 bits per heavy atom. The predicted octanol–water partition coefficient (Wildman–Crippen LogP) is 4.24. The van der Waals surface area contributed by atoms with Crippen molar-refractivity contribution < 1.29 is 13.6 Å². The maximum Gasteiger partial charge on any atom is 0.295 e. The maximum absolute atomic E-state index is 14.2. The number of thiophene rings is 1. The van der Waals surface area contributed by atoms with Gasteiger partial charge in [0.05, 0.1) is 12.1 Å². The molecule has 0 spiro atoms. The first-order valence-electron chi connectivity index (χ1n) is 7.38. The Morgan fingerprint density at radius 3 is 2.96 bits per heavy atom. The summed E-state index contributed by atoms with van der Waals surface area (Å²) in [6.07, 6.45) is 7.20. The van der Waals surface area contributed by atoms with Crippen LogP contribution in [-0.4, -0.2) is 15.3 Å². The number of terminal acetylenes is 1. The van der Waals surface area contributed by atoms with Gasteiger partial charge in [-0.25, -0.2) is 4.98 Å². The van der Waals surface area contributed by atoms with Crippen molar-refractivity contribution in [1.82, 2.24) is 14.7 Å². The summed E-state index contributed by atoms with van der Waals surface area (Å²) in [4.78, 5) is 17.4. The molecular formula is C18H12ClF2N3OS. The number of nitrogens with zero attached hydrogens (tertiary/aromatic N) is 2. The Kier molecular flexibility index (Phi) is 4.81. The molecule has 1 amide bonds. The smallest absolute Gasteiger partial charge is 0.295 e. The summed E-state index contributed by atoms with van der Waals surface area (Å²) >= 11 is 7.69. The largest absolute Gasteiger partial charge is 0.346 e. The van der Waals surface area contributed by atoms with Gasteiger partial charge >= 0.3 is 0 Å². The third-order valence-corrected chi connectivity index (χ3v) is 4.90. The van der Waals surface area contributed by atoms with Crippen LogP contribution >= 0.6 is 22.9 Å². The average molecular weight is 392 g/mol. The topological polar surface area (TPSA) is 46.4 Å². The van der Waals surface area contributed by atoms with Crippen molar-refractivity contribution in [2.45, 2.75) is 12.5 Å². The number of carbonyl (C=O) groups is 1. The Bertz CT molecular complexity index is 1040. The number of rotatable bonds is 5. The highest BCUT2D eigenvalue weighted by molar-refractivity contribution is 7.09. The van der Waals surface area contributed by atoms with Crippen molar-refractivity contribution in [2.24, 2.45) is 0 Å². The first-order chi connectivity index (χ1) is 12.4. The Balaban J connectivity index is 2.06. The molecule has 0 saturated carbocycles. The van der Waals surface area contributed by atoms with Crippen LogP contribution in [0.2, 0.25) is 5.15 Å². The van der Waals surface area contributed by atoms with Crippen molar-refractivity contribution in [3.8, 4) is 12.3 Å². The van der Waals surface area contributed by atoms with E-state index >= 15 is 0 Å². The van der Waals surface area contributed by atoms with Crippen LogP contribution in [0.3, 0.4) is 0 Å². The van der Waals surface area contributed by atoms with E-state index in [1.54, 1.807) is 0 Å². The molecule has 0 atom stereocenters. The molecule has 8 heteroatoms. The summed E-state index contributed by atoms with van der Waals surface area (Å²) in [5.41, 5.74) is -0.597. The molecule has 1 N–H and O–H groups in total. The van der Waals surface area contributed by atoms with Crippen molar-refractivity contribution >= 4 is 34.5 Å². The minimum absolute atomic E-state index is 0.0955. The van der Waals surface area contributed by atoms with Gasteiger partial charge in [-0.15, -0.1) is 17.8 Å². The second-order valence-corrected chi connectivity index (χ2v) is 6.71. The number of carbonyl (C=O) groups excluding carboxylic acids is 1. The number of fused-ring (bicyclic) bond motifs is 1. The highest BCUT2D eigenvalue weighted by Crippen LogP contribution is 2.34. The van der Waals surface area contributed by atoms with E-state index in [0.29, 0.717) is 6.08 Å². The predicted molar refractivity (Wildman–Crippen MR) is 97.7 cm³/mol. The second-order valence-electron chi connectivity index (χ2n) is 5.32.